The minimum absolute atomic E-state index is 0.00219. The summed E-state index contributed by atoms with van der Waals surface area (Å²) < 4.78 is 5.00. The second kappa shape index (κ2) is 4.71. The summed E-state index contributed by atoms with van der Waals surface area (Å²) in [5.41, 5.74) is 5.44. The largest absolute Gasteiger partial charge is 0.461 e. The molecule has 2 N–H and O–H groups in total. The maximum absolute atomic E-state index is 12.4. The number of primary amides is 1. The summed E-state index contributed by atoms with van der Waals surface area (Å²) in [6, 6.07) is 3.31. The third kappa shape index (κ3) is 1.98. The van der Waals surface area contributed by atoms with Crippen molar-refractivity contribution in [3.63, 3.8) is 0 Å². The maximum atomic E-state index is 12.4. The van der Waals surface area contributed by atoms with Crippen LogP contribution in [0.3, 0.4) is 0 Å². The van der Waals surface area contributed by atoms with Gasteiger partial charge < -0.3 is 10.2 Å². The van der Waals surface area contributed by atoms with Crippen LogP contribution in [0.5, 0.6) is 0 Å². The summed E-state index contributed by atoms with van der Waals surface area (Å²) >= 11 is 5.81. The van der Waals surface area contributed by atoms with Crippen molar-refractivity contribution in [2.75, 3.05) is 4.90 Å². The Labute approximate surface area is 123 Å². The lowest BCUT2D eigenvalue weighted by Crippen LogP contribution is -2.40. The van der Waals surface area contributed by atoms with Gasteiger partial charge in [-0.25, -0.2) is 9.69 Å². The van der Waals surface area contributed by atoms with E-state index in [4.69, 9.17) is 21.8 Å². The van der Waals surface area contributed by atoms with Crippen LogP contribution >= 0.6 is 11.6 Å². The van der Waals surface area contributed by atoms with E-state index in [0.29, 0.717) is 4.90 Å². The number of fused-ring (bicyclic) bond motifs is 1. The molecule has 1 unspecified atom stereocenters. The smallest absolute Gasteiger partial charge is 0.326 e. The lowest BCUT2D eigenvalue weighted by Gasteiger charge is -2.11. The van der Waals surface area contributed by atoms with E-state index in [9.17, 15) is 14.4 Å². The number of amides is 3. The Morgan fingerprint density at radius 2 is 2.19 bits per heavy atom. The fraction of sp³-hybridized carbons (Fsp3) is 0.0769. The molecule has 3 amide bonds. The summed E-state index contributed by atoms with van der Waals surface area (Å²) in [5.74, 6) is -2.63. The zero-order chi connectivity index (χ0) is 15.1. The molecule has 0 bridgehead atoms. The zero-order valence-corrected chi connectivity index (χ0v) is 11.2. The van der Waals surface area contributed by atoms with Gasteiger partial charge in [0.05, 0.1) is 22.7 Å². The molecule has 7 nitrogen and oxygen atoms in total. The molecule has 2 aromatic rings. The molecule has 1 atom stereocenters. The first-order chi connectivity index (χ1) is 10.0. The molecule has 106 valence electrons. The highest BCUT2D eigenvalue weighted by Gasteiger charge is 2.46. The molecule has 0 fully saturated rings. The van der Waals surface area contributed by atoms with Crippen LogP contribution in [0.15, 0.2) is 35.1 Å². The van der Waals surface area contributed by atoms with Gasteiger partial charge in [-0.1, -0.05) is 11.6 Å². The summed E-state index contributed by atoms with van der Waals surface area (Å²) in [4.78, 5) is 40.8. The number of halogens is 1. The lowest BCUT2D eigenvalue weighted by molar-refractivity contribution is -0.117. The molecular weight excluding hydrogens is 298 g/mol. The molecule has 8 heteroatoms. The number of hydrogen-bond donors (Lipinski definition) is 1. The third-order valence-electron chi connectivity index (χ3n) is 3.09. The highest BCUT2D eigenvalue weighted by atomic mass is 35.5. The van der Waals surface area contributed by atoms with Crippen LogP contribution < -0.4 is 10.6 Å². The molecule has 1 aliphatic rings. The van der Waals surface area contributed by atoms with Crippen LogP contribution in [-0.4, -0.2) is 22.7 Å². The first-order valence-electron chi connectivity index (χ1n) is 5.87. The Balaban J connectivity index is 2.13. The number of carbonyl (C=O) groups is 3. The number of Topliss-reactive ketones (excluding diaryl/α,β-unsaturated/α-hetero) is 1. The lowest BCUT2D eigenvalue weighted by atomic mass is 9.99. The molecule has 3 heterocycles. The highest BCUT2D eigenvalue weighted by molar-refractivity contribution is 6.32. The van der Waals surface area contributed by atoms with Crippen molar-refractivity contribution in [2.45, 2.75) is 5.92 Å². The molecule has 0 radical (unpaired) electrons. The minimum Gasteiger partial charge on any atom is -0.461 e. The number of nitrogens with two attached hydrogens (primary N) is 1. The van der Waals surface area contributed by atoms with Gasteiger partial charge in [0.25, 0.3) is 5.91 Å². The average molecular weight is 306 g/mol. The summed E-state index contributed by atoms with van der Waals surface area (Å²) in [5, 5.41) is 0.221. The minimum atomic E-state index is -1.27. The van der Waals surface area contributed by atoms with Crippen molar-refractivity contribution in [3.8, 4) is 0 Å². The Hall–Kier alpha value is -2.67. The normalized spacial score (nSPS) is 16.9. The number of aromatic nitrogens is 1. The second-order valence-electron chi connectivity index (χ2n) is 4.34. The van der Waals surface area contributed by atoms with E-state index in [2.05, 4.69) is 4.98 Å². The molecule has 0 saturated heterocycles. The van der Waals surface area contributed by atoms with Crippen LogP contribution in [-0.2, 0) is 4.79 Å². The van der Waals surface area contributed by atoms with E-state index in [-0.39, 0.29) is 22.2 Å². The van der Waals surface area contributed by atoms with E-state index in [0.717, 1.165) is 0 Å². The Kier molecular flexibility index (Phi) is 2.99. The predicted octanol–water partition coefficient (Wildman–Crippen LogP) is 1.72. The number of pyridine rings is 1. The van der Waals surface area contributed by atoms with Gasteiger partial charge in [-0.3, -0.25) is 14.6 Å². The zero-order valence-electron chi connectivity index (χ0n) is 10.4. The number of rotatable bonds is 2. The van der Waals surface area contributed by atoms with Crippen molar-refractivity contribution < 1.29 is 18.8 Å². The molecule has 0 saturated carbocycles. The molecule has 2 aromatic heterocycles. The molecular formula is C13H8ClN3O4. The van der Waals surface area contributed by atoms with E-state index in [1.165, 1.54) is 30.7 Å². The summed E-state index contributed by atoms with van der Waals surface area (Å²) in [6.07, 6.45) is 2.61. The van der Waals surface area contributed by atoms with Gasteiger partial charge in [0.1, 0.15) is 5.92 Å². The van der Waals surface area contributed by atoms with Crippen LogP contribution in [0.2, 0.25) is 5.02 Å². The Morgan fingerprint density at radius 1 is 1.43 bits per heavy atom. The van der Waals surface area contributed by atoms with Gasteiger partial charge in [0, 0.05) is 6.20 Å². The molecule has 0 aromatic carbocycles. The number of urea groups is 1. The van der Waals surface area contributed by atoms with Crippen molar-refractivity contribution in [1.82, 2.24) is 4.98 Å². The number of nitrogens with zero attached hydrogens (tertiary/aromatic N) is 2. The maximum Gasteiger partial charge on any atom is 0.326 e. The van der Waals surface area contributed by atoms with Crippen molar-refractivity contribution in [3.05, 3.63) is 47.1 Å². The second-order valence-corrected chi connectivity index (χ2v) is 4.78. The predicted molar refractivity (Wildman–Crippen MR) is 72.1 cm³/mol. The fourth-order valence-electron chi connectivity index (χ4n) is 2.23. The van der Waals surface area contributed by atoms with Gasteiger partial charge in [0.2, 0.25) is 5.78 Å². The molecule has 0 spiro atoms. The number of hydrogen-bond acceptors (Lipinski definition) is 5. The van der Waals surface area contributed by atoms with Crippen molar-refractivity contribution in [2.24, 2.45) is 5.73 Å². The Morgan fingerprint density at radius 3 is 2.81 bits per heavy atom. The molecule has 1 aliphatic heterocycles. The van der Waals surface area contributed by atoms with Crippen LogP contribution in [0.4, 0.5) is 10.5 Å². The van der Waals surface area contributed by atoms with E-state index < -0.39 is 23.6 Å². The number of anilines is 1. The van der Waals surface area contributed by atoms with Crippen LogP contribution in [0, 0.1) is 0 Å². The quantitative estimate of drug-likeness (QED) is 0.671. The van der Waals surface area contributed by atoms with Crippen molar-refractivity contribution in [1.29, 1.82) is 0 Å². The van der Waals surface area contributed by atoms with Crippen LogP contribution in [0.1, 0.15) is 22.2 Å². The standard InChI is InChI=1S/C13H8ClN3O4/c14-6-4-7-10(16-5-6)9(12(19)17(7)13(15)20)11(18)8-2-1-3-21-8/h1-5,9H,(H2,15,20). The summed E-state index contributed by atoms with van der Waals surface area (Å²) in [6.45, 7) is 0. The first-order valence-corrected chi connectivity index (χ1v) is 6.25. The molecule has 3 rings (SSSR count). The van der Waals surface area contributed by atoms with E-state index in [1.807, 2.05) is 0 Å². The van der Waals surface area contributed by atoms with Gasteiger partial charge in [0.15, 0.2) is 5.76 Å². The monoisotopic (exact) mass is 305 g/mol. The Bertz CT molecular complexity index is 757. The van der Waals surface area contributed by atoms with E-state index >= 15 is 0 Å². The van der Waals surface area contributed by atoms with Crippen LogP contribution in [0.25, 0.3) is 0 Å². The first kappa shape index (κ1) is 13.3. The van der Waals surface area contributed by atoms with E-state index in [1.54, 1.807) is 0 Å². The molecule has 0 aliphatic carbocycles. The number of carbonyl (C=O) groups excluding carboxylic acids is 3. The van der Waals surface area contributed by atoms with Gasteiger partial charge in [-0.2, -0.15) is 0 Å². The number of ketones is 1. The number of furan rings is 1. The highest BCUT2D eigenvalue weighted by Crippen LogP contribution is 2.38. The number of imide groups is 1. The van der Waals surface area contributed by atoms with Gasteiger partial charge in [-0.15, -0.1) is 0 Å². The van der Waals surface area contributed by atoms with Gasteiger partial charge >= 0.3 is 6.03 Å². The average Bonchev–Trinajstić information content (AvgIpc) is 3.02. The third-order valence-corrected chi connectivity index (χ3v) is 3.30. The van der Waals surface area contributed by atoms with Crippen molar-refractivity contribution >= 4 is 35.0 Å². The molecule has 21 heavy (non-hydrogen) atoms. The topological polar surface area (TPSA) is 106 Å². The fourth-order valence-corrected chi connectivity index (χ4v) is 2.38. The van der Waals surface area contributed by atoms with Gasteiger partial charge in [-0.05, 0) is 18.2 Å². The summed E-state index contributed by atoms with van der Waals surface area (Å²) in [7, 11) is 0. The SMILES string of the molecule is NC(=O)N1C(=O)C(C(=O)c2ccco2)c2ncc(Cl)cc21.